The van der Waals surface area contributed by atoms with Gasteiger partial charge in [-0.15, -0.1) is 0 Å². The van der Waals surface area contributed by atoms with Gasteiger partial charge in [-0.1, -0.05) is 24.3 Å². The van der Waals surface area contributed by atoms with Crippen LogP contribution in [0.15, 0.2) is 49.1 Å². The van der Waals surface area contributed by atoms with E-state index in [1.165, 1.54) is 0 Å². The number of rotatable bonds is 4. The Morgan fingerprint density at radius 2 is 1.86 bits per heavy atom. The number of carbonyl (C=O) groups is 1. The summed E-state index contributed by atoms with van der Waals surface area (Å²) in [6, 6.07) is 7.74. The highest BCUT2D eigenvalue weighted by Gasteiger charge is 1.95. The lowest BCUT2D eigenvalue weighted by Gasteiger charge is -2.06. The summed E-state index contributed by atoms with van der Waals surface area (Å²) in [5, 5.41) is 8.50. The molecule has 0 fully saturated rings. The maximum absolute atomic E-state index is 10.4. The molecule has 9 heteroatoms. The van der Waals surface area contributed by atoms with Gasteiger partial charge in [-0.25, -0.2) is 9.78 Å². The minimum Gasteiger partial charge on any atom is -0.759 e. The summed E-state index contributed by atoms with van der Waals surface area (Å²) in [6.45, 7) is 0.767. The first-order chi connectivity index (χ1) is 10.2. The topological polar surface area (TPSA) is 135 Å². The molecule has 0 aliphatic rings. The highest BCUT2D eigenvalue weighted by molar-refractivity contribution is 7.79. The summed E-state index contributed by atoms with van der Waals surface area (Å²) >= 11 is 0. The van der Waals surface area contributed by atoms with E-state index in [0.717, 1.165) is 23.7 Å². The zero-order chi connectivity index (χ0) is 16.6. The average Bonchev–Trinajstić information content (AvgIpc) is 2.89. The summed E-state index contributed by atoms with van der Waals surface area (Å²) in [4.78, 5) is 14.3. The molecule has 0 saturated heterocycles. The fraction of sp³-hybridized carbons (Fsp3) is 0.0769. The molecule has 2 rings (SSSR count). The van der Waals surface area contributed by atoms with Gasteiger partial charge in [-0.2, -0.15) is 0 Å². The molecule has 0 unspecified atom stereocenters. The molecule has 0 radical (unpaired) electrons. The molecule has 0 aliphatic heterocycles. The molecule has 8 nitrogen and oxygen atoms in total. The number of hydrogen-bond donors (Lipinski definition) is 1. The quantitative estimate of drug-likeness (QED) is 0.496. The van der Waals surface area contributed by atoms with Crippen molar-refractivity contribution in [3.05, 3.63) is 60.2 Å². The van der Waals surface area contributed by atoms with E-state index in [2.05, 4.69) is 4.98 Å². The van der Waals surface area contributed by atoms with E-state index >= 15 is 0 Å². The summed E-state index contributed by atoms with van der Waals surface area (Å²) < 4.78 is 36.1. The molecule has 0 atom stereocenters. The number of carboxylic acids is 1. The normalized spacial score (nSPS) is 11.0. The SMILES string of the molecule is O=C(O)/C=C/c1ccc(Cn2ccnc2)cc1.O=S(=O)([O-])[O-]. The number of aromatic nitrogens is 2. The first-order valence-electron chi connectivity index (χ1n) is 5.86. The zero-order valence-corrected chi connectivity index (χ0v) is 12.0. The Hall–Kier alpha value is -2.49. The molecular weight excluding hydrogens is 312 g/mol. The van der Waals surface area contributed by atoms with Crippen LogP contribution in [-0.2, 0) is 21.7 Å². The van der Waals surface area contributed by atoms with Crippen LogP contribution in [0, 0.1) is 0 Å². The van der Waals surface area contributed by atoms with E-state index in [1.54, 1.807) is 18.6 Å². The molecule has 0 spiro atoms. The predicted octanol–water partition coefficient (Wildman–Crippen LogP) is 0.691. The molecule has 1 aromatic carbocycles. The predicted molar refractivity (Wildman–Crippen MR) is 74.9 cm³/mol. The van der Waals surface area contributed by atoms with E-state index in [-0.39, 0.29) is 0 Å². The molecular formula is C13H12N2O6S-2. The van der Waals surface area contributed by atoms with Gasteiger partial charge in [0.05, 0.1) is 6.33 Å². The van der Waals surface area contributed by atoms with Gasteiger partial charge in [0.25, 0.3) is 0 Å². The Bertz CT molecular complexity index is 712. The number of benzene rings is 1. The number of hydrogen-bond acceptors (Lipinski definition) is 6. The molecule has 0 bridgehead atoms. The molecule has 2 aromatic rings. The third-order valence-corrected chi connectivity index (χ3v) is 2.32. The van der Waals surface area contributed by atoms with E-state index < -0.39 is 16.4 Å². The van der Waals surface area contributed by atoms with Crippen LogP contribution in [0.3, 0.4) is 0 Å². The maximum atomic E-state index is 10.4. The van der Waals surface area contributed by atoms with Crippen LogP contribution in [0.25, 0.3) is 6.08 Å². The molecule has 118 valence electrons. The van der Waals surface area contributed by atoms with E-state index in [0.29, 0.717) is 0 Å². The van der Waals surface area contributed by atoms with Crippen molar-refractivity contribution >= 4 is 22.4 Å². The van der Waals surface area contributed by atoms with Crippen LogP contribution in [-0.4, -0.2) is 38.2 Å². The Labute approximate surface area is 126 Å². The fourth-order valence-corrected chi connectivity index (χ4v) is 1.49. The van der Waals surface area contributed by atoms with Gasteiger partial charge in [0, 0.05) is 35.4 Å². The first kappa shape index (κ1) is 17.6. The second kappa shape index (κ2) is 8.08. The van der Waals surface area contributed by atoms with Gasteiger partial charge in [0.15, 0.2) is 0 Å². The average molecular weight is 324 g/mol. The zero-order valence-electron chi connectivity index (χ0n) is 11.2. The number of nitrogens with zero attached hydrogens (tertiary/aromatic N) is 2. The van der Waals surface area contributed by atoms with Gasteiger partial charge in [-0.05, 0) is 17.2 Å². The van der Waals surface area contributed by atoms with Crippen molar-refractivity contribution < 1.29 is 27.4 Å². The molecule has 1 heterocycles. The smallest absolute Gasteiger partial charge is 0.328 e. The van der Waals surface area contributed by atoms with E-state index in [9.17, 15) is 4.79 Å². The van der Waals surface area contributed by atoms with Gasteiger partial charge < -0.3 is 18.8 Å². The number of carboxylic acid groups (broad SMARTS) is 1. The lowest BCUT2D eigenvalue weighted by molar-refractivity contribution is -0.131. The fourth-order valence-electron chi connectivity index (χ4n) is 1.49. The second-order valence-electron chi connectivity index (χ2n) is 4.06. The molecule has 0 amide bonds. The van der Waals surface area contributed by atoms with Crippen LogP contribution in [0.5, 0.6) is 0 Å². The lowest BCUT2D eigenvalue weighted by Crippen LogP contribution is -1.95. The van der Waals surface area contributed by atoms with Crippen molar-refractivity contribution in [2.75, 3.05) is 0 Å². The monoisotopic (exact) mass is 324 g/mol. The highest BCUT2D eigenvalue weighted by Crippen LogP contribution is 2.07. The minimum absolute atomic E-state index is 0.767. The van der Waals surface area contributed by atoms with E-state index in [4.69, 9.17) is 22.6 Å². The Morgan fingerprint density at radius 3 is 2.32 bits per heavy atom. The van der Waals surface area contributed by atoms with Crippen LogP contribution in [0.4, 0.5) is 0 Å². The van der Waals surface area contributed by atoms with Crippen LogP contribution in [0.2, 0.25) is 0 Å². The van der Waals surface area contributed by atoms with E-state index in [1.807, 2.05) is 35.0 Å². The summed E-state index contributed by atoms with van der Waals surface area (Å²) in [5.74, 6) is -0.938. The van der Waals surface area contributed by atoms with Gasteiger partial charge in [-0.3, -0.25) is 8.42 Å². The number of imidazole rings is 1. The standard InChI is InChI=1S/C13H12N2O2.H2O4S/c16-13(17)6-5-11-1-3-12(4-2-11)9-15-8-7-14-10-15;1-5(2,3)4/h1-8,10H,9H2,(H,16,17);(H2,1,2,3,4)/p-2/b6-5+;. The highest BCUT2D eigenvalue weighted by atomic mass is 32.3. The first-order valence-corrected chi connectivity index (χ1v) is 7.20. The Kier molecular flexibility index (Phi) is 6.45. The summed E-state index contributed by atoms with van der Waals surface area (Å²) in [5.41, 5.74) is 2.03. The summed E-state index contributed by atoms with van der Waals surface area (Å²) in [7, 11) is -5.17. The van der Waals surface area contributed by atoms with Crippen molar-refractivity contribution in [2.24, 2.45) is 0 Å². The maximum Gasteiger partial charge on any atom is 0.328 e. The Balaban J connectivity index is 0.000000422. The Morgan fingerprint density at radius 1 is 1.27 bits per heavy atom. The van der Waals surface area contributed by atoms with Crippen molar-refractivity contribution in [3.8, 4) is 0 Å². The third-order valence-electron chi connectivity index (χ3n) is 2.32. The van der Waals surface area contributed by atoms with Crippen molar-refractivity contribution in [1.29, 1.82) is 0 Å². The molecule has 1 aromatic heterocycles. The van der Waals surface area contributed by atoms with Crippen molar-refractivity contribution in [2.45, 2.75) is 6.54 Å². The van der Waals surface area contributed by atoms with Crippen LogP contribution < -0.4 is 0 Å². The van der Waals surface area contributed by atoms with Crippen molar-refractivity contribution in [1.82, 2.24) is 9.55 Å². The molecule has 0 aliphatic carbocycles. The van der Waals surface area contributed by atoms with Crippen LogP contribution in [0.1, 0.15) is 11.1 Å². The van der Waals surface area contributed by atoms with Gasteiger partial charge in [0.1, 0.15) is 0 Å². The van der Waals surface area contributed by atoms with Gasteiger partial charge >= 0.3 is 5.97 Å². The van der Waals surface area contributed by atoms with Crippen LogP contribution >= 0.6 is 0 Å². The molecule has 0 saturated carbocycles. The molecule has 22 heavy (non-hydrogen) atoms. The summed E-state index contributed by atoms with van der Waals surface area (Å²) in [6.07, 6.45) is 8.11. The largest absolute Gasteiger partial charge is 0.759 e. The minimum atomic E-state index is -5.17. The molecule has 1 N–H and O–H groups in total. The number of aliphatic carboxylic acids is 1. The van der Waals surface area contributed by atoms with Gasteiger partial charge in [0.2, 0.25) is 0 Å². The third kappa shape index (κ3) is 8.64. The lowest BCUT2D eigenvalue weighted by atomic mass is 10.1. The second-order valence-corrected chi connectivity index (χ2v) is 4.87. The van der Waals surface area contributed by atoms with Crippen molar-refractivity contribution in [3.63, 3.8) is 0 Å².